The number of rotatable bonds is 4. The predicted molar refractivity (Wildman–Crippen MR) is 79.3 cm³/mol. The molecule has 1 aliphatic carbocycles. The summed E-state index contributed by atoms with van der Waals surface area (Å²) >= 11 is 5.76. The monoisotopic (exact) mass is 291 g/mol. The lowest BCUT2D eigenvalue weighted by atomic mass is 10.2. The standard InChI is InChI=1S/C15H15ClFN3/c16-11-7-14(17)15(19-8-11)20(13-4-5-13)9-10-2-1-3-12(18)6-10/h1-3,6-8,13H,4-5,9,18H2. The average Bonchev–Trinajstić information content (AvgIpc) is 3.21. The lowest BCUT2D eigenvalue weighted by Gasteiger charge is -2.24. The Labute approximate surface area is 122 Å². The molecule has 5 heteroatoms. The van der Waals surface area contributed by atoms with E-state index in [1.807, 2.05) is 29.2 Å². The number of hydrogen-bond acceptors (Lipinski definition) is 3. The second-order valence-electron chi connectivity index (χ2n) is 5.06. The summed E-state index contributed by atoms with van der Waals surface area (Å²) in [5.41, 5.74) is 7.55. The molecular weight excluding hydrogens is 277 g/mol. The predicted octanol–water partition coefficient (Wildman–Crippen LogP) is 3.63. The van der Waals surface area contributed by atoms with Crippen molar-refractivity contribution in [3.05, 3.63) is 52.9 Å². The highest BCUT2D eigenvalue weighted by atomic mass is 35.5. The largest absolute Gasteiger partial charge is 0.399 e. The first-order valence-electron chi connectivity index (χ1n) is 6.55. The third-order valence-corrected chi connectivity index (χ3v) is 3.56. The van der Waals surface area contributed by atoms with E-state index in [4.69, 9.17) is 17.3 Å². The first-order chi connectivity index (χ1) is 9.63. The molecule has 20 heavy (non-hydrogen) atoms. The Bertz CT molecular complexity index is 628. The second kappa shape index (κ2) is 5.29. The average molecular weight is 292 g/mol. The molecule has 1 saturated carbocycles. The minimum absolute atomic E-state index is 0.311. The number of benzene rings is 1. The summed E-state index contributed by atoms with van der Waals surface area (Å²) in [7, 11) is 0. The van der Waals surface area contributed by atoms with E-state index in [0.29, 0.717) is 29.1 Å². The number of hydrogen-bond donors (Lipinski definition) is 1. The molecule has 1 aromatic carbocycles. The van der Waals surface area contributed by atoms with Crippen LogP contribution < -0.4 is 10.6 Å². The van der Waals surface area contributed by atoms with Gasteiger partial charge in [0, 0.05) is 24.5 Å². The maximum Gasteiger partial charge on any atom is 0.167 e. The molecule has 1 heterocycles. The number of pyridine rings is 1. The van der Waals surface area contributed by atoms with Gasteiger partial charge in [-0.2, -0.15) is 0 Å². The summed E-state index contributed by atoms with van der Waals surface area (Å²) in [5.74, 6) is -0.0207. The topological polar surface area (TPSA) is 42.1 Å². The molecule has 1 aromatic heterocycles. The van der Waals surface area contributed by atoms with Crippen molar-refractivity contribution < 1.29 is 4.39 Å². The zero-order chi connectivity index (χ0) is 14.1. The summed E-state index contributed by atoms with van der Waals surface area (Å²) in [4.78, 5) is 6.13. The van der Waals surface area contributed by atoms with E-state index in [1.165, 1.54) is 12.3 Å². The Hall–Kier alpha value is -1.81. The normalized spacial score (nSPS) is 14.3. The summed E-state index contributed by atoms with van der Waals surface area (Å²) in [6.07, 6.45) is 3.60. The number of aromatic nitrogens is 1. The molecule has 0 aliphatic heterocycles. The van der Waals surface area contributed by atoms with Gasteiger partial charge >= 0.3 is 0 Å². The lowest BCUT2D eigenvalue weighted by Crippen LogP contribution is -2.27. The molecule has 0 radical (unpaired) electrons. The van der Waals surface area contributed by atoms with Gasteiger partial charge in [-0.1, -0.05) is 23.7 Å². The second-order valence-corrected chi connectivity index (χ2v) is 5.50. The molecule has 0 atom stereocenters. The first-order valence-corrected chi connectivity index (χ1v) is 6.93. The number of nitrogen functional groups attached to an aromatic ring is 1. The van der Waals surface area contributed by atoms with E-state index in [1.54, 1.807) is 0 Å². The van der Waals surface area contributed by atoms with Crippen LogP contribution in [0.3, 0.4) is 0 Å². The Balaban J connectivity index is 1.89. The van der Waals surface area contributed by atoms with Gasteiger partial charge in [0.25, 0.3) is 0 Å². The van der Waals surface area contributed by atoms with Crippen molar-refractivity contribution >= 4 is 23.1 Å². The molecular formula is C15H15ClFN3. The molecule has 0 bridgehead atoms. The molecule has 2 aromatic rings. The van der Waals surface area contributed by atoms with Crippen LogP contribution in [-0.4, -0.2) is 11.0 Å². The summed E-state index contributed by atoms with van der Waals surface area (Å²) < 4.78 is 14.1. The van der Waals surface area contributed by atoms with E-state index in [9.17, 15) is 4.39 Å². The molecule has 0 unspecified atom stereocenters. The fourth-order valence-corrected chi connectivity index (χ4v) is 2.41. The van der Waals surface area contributed by atoms with E-state index in [2.05, 4.69) is 4.98 Å². The maximum absolute atomic E-state index is 14.1. The van der Waals surface area contributed by atoms with Crippen LogP contribution in [0.1, 0.15) is 18.4 Å². The van der Waals surface area contributed by atoms with Crippen LogP contribution in [0.15, 0.2) is 36.5 Å². The van der Waals surface area contributed by atoms with Crippen molar-refractivity contribution in [1.29, 1.82) is 0 Å². The van der Waals surface area contributed by atoms with E-state index < -0.39 is 0 Å². The van der Waals surface area contributed by atoms with Crippen LogP contribution in [0.2, 0.25) is 5.02 Å². The quantitative estimate of drug-likeness (QED) is 0.875. The molecule has 1 fully saturated rings. The number of halogens is 2. The Morgan fingerprint density at radius 1 is 1.35 bits per heavy atom. The molecule has 0 spiro atoms. The van der Waals surface area contributed by atoms with Gasteiger partial charge in [0.05, 0.1) is 5.02 Å². The van der Waals surface area contributed by atoms with E-state index in [-0.39, 0.29) is 5.82 Å². The fourth-order valence-electron chi connectivity index (χ4n) is 2.27. The Morgan fingerprint density at radius 2 is 2.15 bits per heavy atom. The molecule has 2 N–H and O–H groups in total. The van der Waals surface area contributed by atoms with Gasteiger partial charge in [0.2, 0.25) is 0 Å². The fraction of sp³-hybridized carbons (Fsp3) is 0.267. The van der Waals surface area contributed by atoms with Gasteiger partial charge in [-0.3, -0.25) is 0 Å². The molecule has 104 valence electrons. The Morgan fingerprint density at radius 3 is 2.80 bits per heavy atom. The smallest absolute Gasteiger partial charge is 0.167 e. The van der Waals surface area contributed by atoms with Gasteiger partial charge in [-0.15, -0.1) is 0 Å². The number of nitrogens with zero attached hydrogens (tertiary/aromatic N) is 2. The van der Waals surface area contributed by atoms with Crippen LogP contribution in [0.25, 0.3) is 0 Å². The molecule has 1 aliphatic rings. The molecule has 0 saturated heterocycles. The zero-order valence-corrected chi connectivity index (χ0v) is 11.6. The first kappa shape index (κ1) is 13.2. The van der Waals surface area contributed by atoms with Gasteiger partial charge in [0.15, 0.2) is 11.6 Å². The highest BCUT2D eigenvalue weighted by molar-refractivity contribution is 6.30. The summed E-state index contributed by atoms with van der Waals surface area (Å²) in [6, 6.07) is 9.29. The van der Waals surface area contributed by atoms with Crippen molar-refractivity contribution in [3.63, 3.8) is 0 Å². The van der Waals surface area contributed by atoms with E-state index >= 15 is 0 Å². The van der Waals surface area contributed by atoms with Crippen molar-refractivity contribution in [2.45, 2.75) is 25.4 Å². The SMILES string of the molecule is Nc1cccc(CN(c2ncc(Cl)cc2F)C2CC2)c1. The highest BCUT2D eigenvalue weighted by Crippen LogP contribution is 2.34. The third kappa shape index (κ3) is 2.85. The minimum Gasteiger partial charge on any atom is -0.399 e. The summed E-state index contributed by atoms with van der Waals surface area (Å²) in [5, 5.41) is 0.311. The van der Waals surface area contributed by atoms with Crippen LogP contribution in [0.5, 0.6) is 0 Å². The van der Waals surface area contributed by atoms with Crippen LogP contribution in [0, 0.1) is 5.82 Å². The molecule has 3 rings (SSSR count). The Kier molecular flexibility index (Phi) is 3.49. The minimum atomic E-state index is -0.381. The van der Waals surface area contributed by atoms with Gasteiger partial charge in [-0.05, 0) is 36.6 Å². The van der Waals surface area contributed by atoms with Crippen molar-refractivity contribution in [2.24, 2.45) is 0 Å². The van der Waals surface area contributed by atoms with Crippen LogP contribution in [-0.2, 0) is 6.54 Å². The van der Waals surface area contributed by atoms with Gasteiger partial charge in [-0.25, -0.2) is 9.37 Å². The van der Waals surface area contributed by atoms with Crippen LogP contribution >= 0.6 is 11.6 Å². The highest BCUT2D eigenvalue weighted by Gasteiger charge is 2.31. The maximum atomic E-state index is 14.1. The van der Waals surface area contributed by atoms with E-state index in [0.717, 1.165) is 18.4 Å². The third-order valence-electron chi connectivity index (χ3n) is 3.35. The van der Waals surface area contributed by atoms with Crippen molar-refractivity contribution in [1.82, 2.24) is 4.98 Å². The van der Waals surface area contributed by atoms with Crippen molar-refractivity contribution in [3.8, 4) is 0 Å². The number of anilines is 2. The lowest BCUT2D eigenvalue weighted by molar-refractivity contribution is 0.606. The van der Waals surface area contributed by atoms with Gasteiger partial charge in [0.1, 0.15) is 0 Å². The number of nitrogens with two attached hydrogens (primary N) is 1. The molecule has 3 nitrogen and oxygen atoms in total. The summed E-state index contributed by atoms with van der Waals surface area (Å²) in [6.45, 7) is 0.598. The zero-order valence-electron chi connectivity index (χ0n) is 10.9. The molecule has 0 amide bonds. The van der Waals surface area contributed by atoms with Gasteiger partial charge < -0.3 is 10.6 Å². The van der Waals surface area contributed by atoms with Crippen LogP contribution in [0.4, 0.5) is 15.9 Å². The van der Waals surface area contributed by atoms with Crippen molar-refractivity contribution in [2.75, 3.05) is 10.6 Å².